The first-order chi connectivity index (χ1) is 48.0. The van der Waals surface area contributed by atoms with Gasteiger partial charge < -0.3 is 54.5 Å². The number of anilines is 2. The Morgan fingerprint density at radius 1 is 0.556 bits per heavy atom. The quantitative estimate of drug-likeness (QED) is 0.0535. The number of furan rings is 3. The van der Waals surface area contributed by atoms with Gasteiger partial charge in [-0.2, -0.15) is 9.78 Å². The summed E-state index contributed by atoms with van der Waals surface area (Å²) in [5.74, 6) is 2.59. The molecular weight excluding hydrogens is 1270 g/mol. The minimum atomic E-state index is -0.226. The lowest BCUT2D eigenvalue weighted by molar-refractivity contribution is -0.114. The SMILES string of the molecule is C=C(C)Nc1cccc(C(=O)N2CCC3(CC2)CC3CNC(=O)c2cc3ccncc3o2)n1.CC(=O)Nc1cc(C(=O)N2CCC3(CC2)CC3CNC(=O)c2cc3ccncc3o2)ccn1.O=C(NCC1CC12CCN(C(=O)c1cn[nH]c1-n1cnnn1)CC2)c1cc2ccncc2o1. The van der Waals surface area contributed by atoms with Crippen LogP contribution in [0.4, 0.5) is 11.6 Å². The fourth-order valence-electron chi connectivity index (χ4n) is 14.4. The second kappa shape index (κ2) is 27.2. The Labute approximate surface area is 566 Å². The molecule has 99 heavy (non-hydrogen) atoms. The normalized spacial score (nSPS) is 18.9. The standard InChI is InChI=1S/C25H27N5O3.C24H25N5O4.C21H21N9O3/c1-16(2)28-22-5-3-4-19(29-22)24(32)30-10-7-25(8-11-30)13-18(25)14-27-23(31)20-12-17-6-9-26-15-21(17)33-20;1-15(30)28-21-11-17(3-7-26-21)23(32)29-8-4-24(5-9-29)12-18(24)13-27-22(31)19-10-16-2-6-25-14-20(16)33-19;31-19(16-7-13-1-4-22-11-17(13)33-16)23-9-14-8-21(14)2-5-29(6-3-21)20(32)15-10-24-26-18(15)30-12-25-27-28-30/h3-6,9,12,15,18H,1,7-8,10-11,13-14H2,2H3,(H,27,31)(H,28,29);2-3,6-7,10-11,14,18H,4-5,8-9,12-13H2,1H3,(H,27,31)(H,26,28,30);1,4,7,10-12,14H,2-3,5-6,8-9H2,(H,23,31)(H,24,26). The van der Waals surface area contributed by atoms with Gasteiger partial charge in [-0.3, -0.25) is 53.6 Å². The molecule has 10 aromatic heterocycles. The molecule has 3 aliphatic heterocycles. The van der Waals surface area contributed by atoms with Crippen LogP contribution in [0.25, 0.3) is 38.7 Å². The fraction of sp³-hybridized carbons (Fsp3) is 0.371. The van der Waals surface area contributed by atoms with E-state index in [2.05, 4.69) is 83.8 Å². The number of hydrogen-bond acceptors (Lipinski definition) is 20. The van der Waals surface area contributed by atoms with Gasteiger partial charge in [-0.15, -0.1) is 5.10 Å². The van der Waals surface area contributed by atoms with E-state index in [1.165, 1.54) is 30.3 Å². The minimum absolute atomic E-state index is 0.0416. The summed E-state index contributed by atoms with van der Waals surface area (Å²) >= 11 is 0. The van der Waals surface area contributed by atoms with Crippen molar-refractivity contribution in [3.63, 3.8) is 0 Å². The highest BCUT2D eigenvalue weighted by Gasteiger charge is 2.57. The maximum atomic E-state index is 13.0. The first-order valence-electron chi connectivity index (χ1n) is 33.1. The Hall–Kier alpha value is -11.5. The molecule has 3 saturated carbocycles. The molecule has 7 amide bonds. The summed E-state index contributed by atoms with van der Waals surface area (Å²) in [7, 11) is 0. The zero-order chi connectivity index (χ0) is 68.4. The molecule has 13 heterocycles. The fourth-order valence-corrected chi connectivity index (χ4v) is 14.4. The number of allylic oxidation sites excluding steroid dienone is 1. The van der Waals surface area contributed by atoms with Crippen LogP contribution in [0, 0.1) is 34.0 Å². The van der Waals surface area contributed by atoms with Crippen LogP contribution in [0.2, 0.25) is 0 Å². The number of amides is 7. The molecule has 3 atom stereocenters. The molecule has 6 aliphatic rings. The average Bonchev–Trinajstić information content (AvgIpc) is 1.63. The summed E-state index contributed by atoms with van der Waals surface area (Å²) < 4.78 is 18.2. The Morgan fingerprint density at radius 2 is 1.03 bits per heavy atom. The zero-order valence-corrected chi connectivity index (χ0v) is 54.6. The van der Waals surface area contributed by atoms with Crippen LogP contribution < -0.4 is 26.6 Å². The third-order valence-electron chi connectivity index (χ3n) is 20.4. The lowest BCUT2D eigenvalue weighted by Gasteiger charge is -2.33. The molecule has 508 valence electrons. The van der Waals surface area contributed by atoms with Crippen molar-refractivity contribution < 1.29 is 46.8 Å². The Balaban J connectivity index is 0.000000127. The van der Waals surface area contributed by atoms with Crippen LogP contribution in [0.3, 0.4) is 0 Å². The summed E-state index contributed by atoms with van der Waals surface area (Å²) in [6.45, 7) is 13.0. The molecule has 3 saturated heterocycles. The van der Waals surface area contributed by atoms with E-state index < -0.39 is 0 Å². The molecule has 6 N–H and O–H groups in total. The van der Waals surface area contributed by atoms with Crippen molar-refractivity contribution in [2.45, 2.75) is 71.6 Å². The molecule has 3 aliphatic carbocycles. The van der Waals surface area contributed by atoms with Gasteiger partial charge in [0, 0.05) is 118 Å². The molecular formula is C70H73N19O10. The van der Waals surface area contributed by atoms with Crippen molar-refractivity contribution in [1.82, 2.24) is 86.0 Å². The predicted octanol–water partition coefficient (Wildman–Crippen LogP) is 7.89. The van der Waals surface area contributed by atoms with E-state index in [1.807, 2.05) is 52.0 Å². The van der Waals surface area contributed by atoms with E-state index in [1.54, 1.807) is 73.6 Å². The third kappa shape index (κ3) is 14.2. The molecule has 0 aromatic carbocycles. The van der Waals surface area contributed by atoms with Crippen molar-refractivity contribution >= 4 is 85.9 Å². The Bertz CT molecular complexity index is 4410. The monoisotopic (exact) mass is 1340 g/mol. The Kier molecular flexibility index (Phi) is 17.8. The lowest BCUT2D eigenvalue weighted by atomic mass is 9.90. The van der Waals surface area contributed by atoms with Gasteiger partial charge in [0.15, 0.2) is 39.8 Å². The number of tetrazole rings is 1. The molecule has 29 nitrogen and oxygen atoms in total. The average molecular weight is 1340 g/mol. The van der Waals surface area contributed by atoms with E-state index in [0.29, 0.717) is 145 Å². The molecule has 16 rings (SSSR count). The highest BCUT2D eigenvalue weighted by Crippen LogP contribution is 2.61. The van der Waals surface area contributed by atoms with Crippen LogP contribution in [0.1, 0.15) is 135 Å². The van der Waals surface area contributed by atoms with Crippen molar-refractivity contribution in [3.8, 4) is 5.82 Å². The van der Waals surface area contributed by atoms with Crippen molar-refractivity contribution in [1.29, 1.82) is 0 Å². The summed E-state index contributed by atoms with van der Waals surface area (Å²) in [4.78, 5) is 114. The number of nitrogens with zero attached hydrogens (tertiary/aromatic N) is 13. The van der Waals surface area contributed by atoms with E-state index in [0.717, 1.165) is 79.6 Å². The number of likely N-dealkylation sites (tertiary alicyclic amines) is 3. The van der Waals surface area contributed by atoms with Gasteiger partial charge in [0.1, 0.15) is 29.2 Å². The number of rotatable bonds is 16. The van der Waals surface area contributed by atoms with Gasteiger partial charge in [0.05, 0.1) is 24.8 Å². The molecule has 0 radical (unpaired) electrons. The van der Waals surface area contributed by atoms with Gasteiger partial charge >= 0.3 is 0 Å². The Morgan fingerprint density at radius 3 is 1.47 bits per heavy atom. The largest absolute Gasteiger partial charge is 0.449 e. The number of H-pyrrole nitrogens is 1. The molecule has 10 aromatic rings. The number of aromatic amines is 1. The van der Waals surface area contributed by atoms with Crippen LogP contribution in [0.15, 0.2) is 148 Å². The molecule has 3 unspecified atom stereocenters. The highest BCUT2D eigenvalue weighted by atomic mass is 16.4. The van der Waals surface area contributed by atoms with Crippen LogP contribution in [-0.4, -0.2) is 170 Å². The maximum absolute atomic E-state index is 13.0. The number of hydrogen-bond donors (Lipinski definition) is 6. The third-order valence-corrected chi connectivity index (χ3v) is 20.4. The maximum Gasteiger partial charge on any atom is 0.287 e. The summed E-state index contributed by atoms with van der Waals surface area (Å²) in [5.41, 5.74) is 4.59. The lowest BCUT2D eigenvalue weighted by Crippen LogP contribution is -2.40. The number of aromatic nitrogens is 11. The topological polar surface area (TPSA) is 366 Å². The summed E-state index contributed by atoms with van der Waals surface area (Å²) in [5, 5.41) is 35.1. The second-order valence-electron chi connectivity index (χ2n) is 26.7. The van der Waals surface area contributed by atoms with E-state index in [9.17, 15) is 33.6 Å². The summed E-state index contributed by atoms with van der Waals surface area (Å²) in [6, 6.07) is 19.3. The number of fused-ring (bicyclic) bond motifs is 3. The first kappa shape index (κ1) is 64.8. The highest BCUT2D eigenvalue weighted by molar-refractivity contribution is 5.99. The van der Waals surface area contributed by atoms with Crippen molar-refractivity contribution in [3.05, 3.63) is 169 Å². The van der Waals surface area contributed by atoms with E-state index in [-0.39, 0.29) is 57.6 Å². The second-order valence-corrected chi connectivity index (χ2v) is 26.7. The number of carbonyl (C=O) groups excluding carboxylic acids is 7. The van der Waals surface area contributed by atoms with E-state index in [4.69, 9.17) is 13.3 Å². The van der Waals surface area contributed by atoms with Crippen LogP contribution in [0.5, 0.6) is 0 Å². The van der Waals surface area contributed by atoms with Crippen molar-refractivity contribution in [2.24, 2.45) is 34.0 Å². The molecule has 29 heteroatoms. The number of nitrogens with one attached hydrogen (secondary N) is 6. The molecule has 3 spiro atoms. The van der Waals surface area contributed by atoms with Gasteiger partial charge in [-0.25, -0.2) is 9.97 Å². The minimum Gasteiger partial charge on any atom is -0.449 e. The van der Waals surface area contributed by atoms with Crippen molar-refractivity contribution in [2.75, 3.05) is 69.5 Å². The van der Waals surface area contributed by atoms with Gasteiger partial charge in [-0.05, 0) is 170 Å². The first-order valence-corrected chi connectivity index (χ1v) is 33.1. The molecule has 6 fully saturated rings. The predicted molar refractivity (Wildman–Crippen MR) is 359 cm³/mol. The van der Waals surface area contributed by atoms with E-state index >= 15 is 0 Å². The van der Waals surface area contributed by atoms with Gasteiger partial charge in [0.25, 0.3) is 35.4 Å². The van der Waals surface area contributed by atoms with Crippen LogP contribution in [-0.2, 0) is 4.79 Å². The summed E-state index contributed by atoms with van der Waals surface area (Å²) in [6.07, 6.45) is 23.0. The zero-order valence-electron chi connectivity index (χ0n) is 54.6. The van der Waals surface area contributed by atoms with Gasteiger partial charge in [-0.1, -0.05) is 12.6 Å². The molecule has 0 bridgehead atoms. The number of carbonyl (C=O) groups is 7. The van der Waals surface area contributed by atoms with Crippen LogP contribution >= 0.6 is 0 Å². The number of piperidine rings is 3. The van der Waals surface area contributed by atoms with Gasteiger partial charge in [0.2, 0.25) is 5.91 Å². The number of pyridine rings is 5. The smallest absolute Gasteiger partial charge is 0.287 e.